The average Bonchev–Trinajstić information content (AvgIpc) is 2.79. The van der Waals surface area contributed by atoms with E-state index in [-0.39, 0.29) is 11.7 Å². The number of alkyl halides is 1. The van der Waals surface area contributed by atoms with Crippen molar-refractivity contribution in [2.24, 2.45) is 0 Å². The molecule has 0 spiro atoms. The second-order valence-electron chi connectivity index (χ2n) is 4.51. The highest BCUT2D eigenvalue weighted by Crippen LogP contribution is 2.28. The van der Waals surface area contributed by atoms with E-state index in [4.69, 9.17) is 11.6 Å². The number of hydrogen-bond donors (Lipinski definition) is 0. The van der Waals surface area contributed by atoms with Crippen molar-refractivity contribution in [3.05, 3.63) is 58.1 Å². The number of rotatable bonds is 2. The molecule has 0 aliphatic heterocycles. The van der Waals surface area contributed by atoms with Crippen LogP contribution >= 0.6 is 27.5 Å². The highest BCUT2D eigenvalue weighted by atomic mass is 79.9. The topological polar surface area (TPSA) is 17.8 Å². The third-order valence-electron chi connectivity index (χ3n) is 3.29. The summed E-state index contributed by atoms with van der Waals surface area (Å²) in [6.45, 7) is 2.00. The van der Waals surface area contributed by atoms with Crippen LogP contribution in [0.5, 0.6) is 0 Å². The van der Waals surface area contributed by atoms with E-state index in [0.29, 0.717) is 5.82 Å². The van der Waals surface area contributed by atoms with Gasteiger partial charge >= 0.3 is 0 Å². The highest BCUT2D eigenvalue weighted by molar-refractivity contribution is 9.10. The van der Waals surface area contributed by atoms with Crippen LogP contribution in [0.15, 0.2) is 40.9 Å². The van der Waals surface area contributed by atoms with Crippen LogP contribution in [-0.4, -0.2) is 9.55 Å². The molecule has 2 nitrogen and oxygen atoms in total. The molecule has 0 unspecified atom stereocenters. The van der Waals surface area contributed by atoms with Gasteiger partial charge < -0.3 is 0 Å². The minimum atomic E-state index is -0.285. The molecule has 102 valence electrons. The summed E-state index contributed by atoms with van der Waals surface area (Å²) < 4.78 is 16.4. The molecule has 3 rings (SSSR count). The van der Waals surface area contributed by atoms with E-state index in [1.165, 1.54) is 12.1 Å². The number of halogens is 3. The van der Waals surface area contributed by atoms with Gasteiger partial charge in [-0.2, -0.15) is 0 Å². The first-order valence-electron chi connectivity index (χ1n) is 6.10. The maximum atomic E-state index is 13.5. The van der Waals surface area contributed by atoms with Gasteiger partial charge in [0.15, 0.2) is 0 Å². The second-order valence-corrected chi connectivity index (χ2v) is 5.64. The molecule has 20 heavy (non-hydrogen) atoms. The minimum Gasteiger partial charge on any atom is -0.295 e. The van der Waals surface area contributed by atoms with Crippen molar-refractivity contribution in [2.75, 3.05) is 0 Å². The maximum absolute atomic E-state index is 13.5. The Balaban J connectivity index is 2.39. The molecule has 1 heterocycles. The lowest BCUT2D eigenvalue weighted by Gasteiger charge is -2.12. The zero-order valence-electron chi connectivity index (χ0n) is 10.7. The number of benzene rings is 2. The zero-order chi connectivity index (χ0) is 14.3. The van der Waals surface area contributed by atoms with Gasteiger partial charge in [-0.05, 0) is 36.8 Å². The molecular formula is C15H11BrClFN2. The molecule has 5 heteroatoms. The van der Waals surface area contributed by atoms with Crippen LogP contribution < -0.4 is 0 Å². The molecule has 0 atom stereocenters. The normalized spacial score (nSPS) is 11.2. The van der Waals surface area contributed by atoms with Crippen LogP contribution in [0.1, 0.15) is 11.4 Å². The molecule has 0 saturated carbocycles. The highest BCUT2D eigenvalue weighted by Gasteiger charge is 2.14. The maximum Gasteiger partial charge on any atom is 0.129 e. The summed E-state index contributed by atoms with van der Waals surface area (Å²) >= 11 is 9.51. The van der Waals surface area contributed by atoms with Gasteiger partial charge in [0.25, 0.3) is 0 Å². The summed E-state index contributed by atoms with van der Waals surface area (Å²) in [6.07, 6.45) is 0. The van der Waals surface area contributed by atoms with Crippen molar-refractivity contribution < 1.29 is 4.39 Å². The Kier molecular flexibility index (Phi) is 3.52. The van der Waals surface area contributed by atoms with Crippen molar-refractivity contribution >= 4 is 38.6 Å². The van der Waals surface area contributed by atoms with Gasteiger partial charge in [-0.1, -0.05) is 22.0 Å². The summed E-state index contributed by atoms with van der Waals surface area (Å²) in [7, 11) is 0. The van der Waals surface area contributed by atoms with Crippen LogP contribution in [0.3, 0.4) is 0 Å². The molecule has 0 radical (unpaired) electrons. The third-order valence-corrected chi connectivity index (χ3v) is 4.38. The van der Waals surface area contributed by atoms with E-state index >= 15 is 0 Å². The monoisotopic (exact) mass is 352 g/mol. The van der Waals surface area contributed by atoms with E-state index in [0.717, 1.165) is 26.8 Å². The fourth-order valence-electron chi connectivity index (χ4n) is 2.30. The first-order chi connectivity index (χ1) is 9.61. The van der Waals surface area contributed by atoms with Crippen molar-refractivity contribution in [1.29, 1.82) is 0 Å². The molecule has 0 N–H and O–H groups in total. The Labute approximate surface area is 129 Å². The predicted octanol–water partition coefficient (Wildman–Crippen LogP) is 4.97. The molecule has 2 aromatic carbocycles. The van der Waals surface area contributed by atoms with Crippen molar-refractivity contribution in [2.45, 2.75) is 12.8 Å². The smallest absolute Gasteiger partial charge is 0.129 e. The molecule has 1 aromatic heterocycles. The summed E-state index contributed by atoms with van der Waals surface area (Å²) in [5.74, 6) is 0.684. The fraction of sp³-hybridized carbons (Fsp3) is 0.133. The van der Waals surface area contributed by atoms with Gasteiger partial charge in [0.05, 0.1) is 22.6 Å². The van der Waals surface area contributed by atoms with Gasteiger partial charge in [-0.25, -0.2) is 9.37 Å². The van der Waals surface area contributed by atoms with Crippen LogP contribution in [-0.2, 0) is 5.88 Å². The van der Waals surface area contributed by atoms with Crippen LogP contribution in [0.25, 0.3) is 16.7 Å². The Morgan fingerprint density at radius 3 is 2.85 bits per heavy atom. The molecule has 0 aliphatic carbocycles. The first-order valence-corrected chi connectivity index (χ1v) is 7.43. The van der Waals surface area contributed by atoms with E-state index < -0.39 is 0 Å². The van der Waals surface area contributed by atoms with Gasteiger partial charge in [0, 0.05) is 10.5 Å². The Morgan fingerprint density at radius 2 is 2.10 bits per heavy atom. The van der Waals surface area contributed by atoms with Crippen molar-refractivity contribution in [3.8, 4) is 5.69 Å². The van der Waals surface area contributed by atoms with E-state index in [1.54, 1.807) is 6.07 Å². The van der Waals surface area contributed by atoms with Gasteiger partial charge in [-0.15, -0.1) is 11.6 Å². The van der Waals surface area contributed by atoms with Crippen molar-refractivity contribution in [1.82, 2.24) is 9.55 Å². The molecule has 3 aromatic rings. The summed E-state index contributed by atoms with van der Waals surface area (Å²) in [4.78, 5) is 4.47. The third kappa shape index (κ3) is 2.13. The lowest BCUT2D eigenvalue weighted by Crippen LogP contribution is -2.02. The Hall–Kier alpha value is -1.39. The molecular weight excluding hydrogens is 343 g/mol. The van der Waals surface area contributed by atoms with Crippen molar-refractivity contribution in [3.63, 3.8) is 0 Å². The van der Waals surface area contributed by atoms with Gasteiger partial charge in [0.2, 0.25) is 0 Å². The summed E-state index contributed by atoms with van der Waals surface area (Å²) in [5, 5.41) is 0. The van der Waals surface area contributed by atoms with Crippen LogP contribution in [0.2, 0.25) is 0 Å². The predicted molar refractivity (Wildman–Crippen MR) is 83.0 cm³/mol. The lowest BCUT2D eigenvalue weighted by atomic mass is 10.2. The SMILES string of the molecule is Cc1c(Br)cccc1-n1c(CCl)nc2ccc(F)cc21. The van der Waals surface area contributed by atoms with Gasteiger partial charge in [-0.3, -0.25) is 4.57 Å². The first kappa shape index (κ1) is 13.6. The Morgan fingerprint density at radius 1 is 1.30 bits per heavy atom. The number of aromatic nitrogens is 2. The molecule has 0 aliphatic rings. The number of hydrogen-bond acceptors (Lipinski definition) is 1. The zero-order valence-corrected chi connectivity index (χ0v) is 13.0. The summed E-state index contributed by atoms with van der Waals surface area (Å²) in [5.41, 5.74) is 3.47. The lowest BCUT2D eigenvalue weighted by molar-refractivity contribution is 0.629. The fourth-order valence-corrected chi connectivity index (χ4v) is 2.83. The molecule has 0 amide bonds. The van der Waals surface area contributed by atoms with Crippen LogP contribution in [0, 0.1) is 12.7 Å². The van der Waals surface area contributed by atoms with Gasteiger partial charge in [0.1, 0.15) is 11.6 Å². The molecule has 0 saturated heterocycles. The number of fused-ring (bicyclic) bond motifs is 1. The van der Waals surface area contributed by atoms with E-state index in [9.17, 15) is 4.39 Å². The Bertz CT molecular complexity index is 798. The summed E-state index contributed by atoms with van der Waals surface area (Å²) in [6, 6.07) is 10.4. The van der Waals surface area contributed by atoms with E-state index in [1.807, 2.05) is 29.7 Å². The number of imidazole rings is 1. The number of nitrogens with zero attached hydrogens (tertiary/aromatic N) is 2. The molecule has 0 fully saturated rings. The average molecular weight is 354 g/mol. The van der Waals surface area contributed by atoms with Crippen LogP contribution in [0.4, 0.5) is 4.39 Å². The standard InChI is InChI=1S/C15H11BrClFN2/c1-9-11(16)3-2-4-13(9)20-14-7-10(18)5-6-12(14)19-15(20)8-17/h2-7H,8H2,1H3. The quantitative estimate of drug-likeness (QED) is 0.594. The second kappa shape index (κ2) is 5.19. The molecule has 0 bridgehead atoms. The van der Waals surface area contributed by atoms with E-state index in [2.05, 4.69) is 20.9 Å². The largest absolute Gasteiger partial charge is 0.295 e. The minimum absolute atomic E-state index is 0.266.